The zero-order chi connectivity index (χ0) is 14.8. The maximum absolute atomic E-state index is 6.35. The van der Waals surface area contributed by atoms with Gasteiger partial charge in [0, 0.05) is 28.5 Å². The molecule has 1 unspecified atom stereocenters. The van der Waals surface area contributed by atoms with Gasteiger partial charge in [-0.15, -0.1) is 11.6 Å². The van der Waals surface area contributed by atoms with Gasteiger partial charge in [-0.3, -0.25) is 0 Å². The molecule has 1 aliphatic carbocycles. The van der Waals surface area contributed by atoms with E-state index in [2.05, 4.69) is 60.3 Å². The number of thioether (sulfide) groups is 1. The van der Waals surface area contributed by atoms with Gasteiger partial charge in [-0.1, -0.05) is 30.0 Å². The van der Waals surface area contributed by atoms with E-state index in [1.54, 1.807) is 0 Å². The summed E-state index contributed by atoms with van der Waals surface area (Å²) in [5, 5.41) is 0.117. The maximum atomic E-state index is 6.35. The van der Waals surface area contributed by atoms with Crippen molar-refractivity contribution in [3.63, 3.8) is 0 Å². The zero-order valence-corrected chi connectivity index (χ0v) is 14.1. The van der Waals surface area contributed by atoms with Gasteiger partial charge in [0.2, 0.25) is 0 Å². The van der Waals surface area contributed by atoms with Gasteiger partial charge in [-0.25, -0.2) is 0 Å². The van der Waals surface area contributed by atoms with Crippen LogP contribution in [0.15, 0.2) is 51.9 Å². The minimum Gasteiger partial charge on any atom is -0.343 e. The van der Waals surface area contributed by atoms with Crippen LogP contribution >= 0.6 is 23.4 Å². The summed E-state index contributed by atoms with van der Waals surface area (Å²) in [6.07, 6.45) is 6.38. The molecule has 2 nitrogen and oxygen atoms in total. The summed E-state index contributed by atoms with van der Waals surface area (Å²) in [5.74, 6) is 0. The molecule has 1 aromatic rings. The van der Waals surface area contributed by atoms with Gasteiger partial charge in [-0.05, 0) is 45.3 Å². The lowest BCUT2D eigenvalue weighted by Gasteiger charge is -2.36. The first kappa shape index (κ1) is 15.0. The molecule has 0 saturated heterocycles. The molecule has 0 saturated carbocycles. The summed E-state index contributed by atoms with van der Waals surface area (Å²) in [5.41, 5.74) is 2.72. The highest BCUT2D eigenvalue weighted by Crippen LogP contribution is 2.46. The predicted molar refractivity (Wildman–Crippen MR) is 93.2 cm³/mol. The standard InChI is InChI=1S/C17H21ClN2S/c1-19(2)10-5-11-20-14-6-3-4-7-16(14)21-17-9-8-13(18)12-15(17)20/h3-4,6-9,13H,5,10-12H2,1-2H3. The number of hydrogen-bond donors (Lipinski definition) is 0. The zero-order valence-electron chi connectivity index (χ0n) is 12.6. The Balaban J connectivity index is 1.88. The second-order valence-electron chi connectivity index (χ2n) is 5.77. The minimum atomic E-state index is 0.117. The van der Waals surface area contributed by atoms with E-state index in [4.69, 9.17) is 11.6 Å². The van der Waals surface area contributed by atoms with Crippen LogP contribution in [0.3, 0.4) is 0 Å². The van der Waals surface area contributed by atoms with Crippen LogP contribution in [0, 0.1) is 0 Å². The smallest absolute Gasteiger partial charge is 0.0574 e. The van der Waals surface area contributed by atoms with E-state index in [0.29, 0.717) is 0 Å². The van der Waals surface area contributed by atoms with Crippen molar-refractivity contribution in [1.29, 1.82) is 0 Å². The average Bonchev–Trinajstić information content (AvgIpc) is 2.46. The van der Waals surface area contributed by atoms with Crippen LogP contribution in [-0.4, -0.2) is 37.5 Å². The topological polar surface area (TPSA) is 6.48 Å². The van der Waals surface area contributed by atoms with Gasteiger partial charge in [0.1, 0.15) is 0 Å². The van der Waals surface area contributed by atoms with Crippen molar-refractivity contribution in [2.24, 2.45) is 0 Å². The van der Waals surface area contributed by atoms with E-state index in [-0.39, 0.29) is 5.38 Å². The first-order valence-electron chi connectivity index (χ1n) is 7.40. The summed E-state index contributed by atoms with van der Waals surface area (Å²) in [6.45, 7) is 2.15. The van der Waals surface area contributed by atoms with Crippen LogP contribution in [0.2, 0.25) is 0 Å². The molecule has 0 N–H and O–H groups in total. The highest BCUT2D eigenvalue weighted by Gasteiger charge is 2.27. The molecule has 3 rings (SSSR count). The Hall–Kier alpha value is -0.900. The Morgan fingerprint density at radius 3 is 2.95 bits per heavy atom. The van der Waals surface area contributed by atoms with Gasteiger partial charge in [0.25, 0.3) is 0 Å². The van der Waals surface area contributed by atoms with E-state index < -0.39 is 0 Å². The molecule has 0 aromatic heterocycles. The van der Waals surface area contributed by atoms with E-state index in [1.165, 1.54) is 21.2 Å². The molecule has 1 aliphatic heterocycles. The van der Waals surface area contributed by atoms with Crippen molar-refractivity contribution in [2.75, 3.05) is 32.1 Å². The molecular weight excluding hydrogens is 300 g/mol. The maximum Gasteiger partial charge on any atom is 0.0574 e. The quantitative estimate of drug-likeness (QED) is 0.762. The number of rotatable bonds is 4. The molecule has 4 heteroatoms. The molecule has 1 heterocycles. The summed E-state index contributed by atoms with van der Waals surface area (Å²) in [4.78, 5) is 7.42. The van der Waals surface area contributed by atoms with Crippen molar-refractivity contribution in [1.82, 2.24) is 4.90 Å². The highest BCUT2D eigenvalue weighted by atomic mass is 35.5. The Kier molecular flexibility index (Phi) is 4.63. The summed E-state index contributed by atoms with van der Waals surface area (Å²) < 4.78 is 0. The Morgan fingerprint density at radius 2 is 2.14 bits per heavy atom. The molecule has 21 heavy (non-hydrogen) atoms. The summed E-state index contributed by atoms with van der Waals surface area (Å²) in [7, 11) is 4.26. The normalized spacial score (nSPS) is 20.8. The highest BCUT2D eigenvalue weighted by molar-refractivity contribution is 8.03. The lowest BCUT2D eigenvalue weighted by Crippen LogP contribution is -2.31. The largest absolute Gasteiger partial charge is 0.343 e. The number of nitrogens with zero attached hydrogens (tertiary/aromatic N) is 2. The summed E-state index contributed by atoms with van der Waals surface area (Å²) in [6, 6.07) is 8.68. The van der Waals surface area contributed by atoms with Gasteiger partial charge in [-0.2, -0.15) is 0 Å². The van der Waals surface area contributed by atoms with Crippen LogP contribution in [0.25, 0.3) is 0 Å². The van der Waals surface area contributed by atoms with Crippen LogP contribution in [0.4, 0.5) is 5.69 Å². The van der Waals surface area contributed by atoms with Crippen molar-refractivity contribution in [3.8, 4) is 0 Å². The fourth-order valence-electron chi connectivity index (χ4n) is 2.81. The van der Waals surface area contributed by atoms with Crippen molar-refractivity contribution >= 4 is 29.1 Å². The summed E-state index contributed by atoms with van der Waals surface area (Å²) >= 11 is 8.22. The molecule has 112 valence electrons. The van der Waals surface area contributed by atoms with Crippen LogP contribution in [-0.2, 0) is 0 Å². The number of benzene rings is 1. The lowest BCUT2D eigenvalue weighted by molar-refractivity contribution is 0.401. The fraction of sp³-hybridized carbons (Fsp3) is 0.412. The second kappa shape index (κ2) is 6.47. The van der Waals surface area contributed by atoms with Crippen LogP contribution < -0.4 is 4.90 Å². The number of alkyl halides is 1. The molecule has 1 aromatic carbocycles. The third-order valence-corrected chi connectivity index (χ3v) is 5.27. The molecule has 0 bridgehead atoms. The SMILES string of the molecule is CN(C)CCCN1C2=C(C=CC(Cl)C2)Sc2ccccc21. The van der Waals surface area contributed by atoms with Crippen molar-refractivity contribution in [3.05, 3.63) is 47.0 Å². The predicted octanol–water partition coefficient (Wildman–Crippen LogP) is 4.33. The number of hydrogen-bond acceptors (Lipinski definition) is 3. The molecular formula is C17H21ClN2S. The molecule has 0 fully saturated rings. The third kappa shape index (κ3) is 3.31. The number of halogens is 1. The van der Waals surface area contributed by atoms with Crippen LogP contribution in [0.1, 0.15) is 12.8 Å². The Morgan fingerprint density at radius 1 is 1.33 bits per heavy atom. The van der Waals surface area contributed by atoms with E-state index in [0.717, 1.165) is 25.9 Å². The Bertz CT molecular complexity index is 580. The van der Waals surface area contributed by atoms with E-state index >= 15 is 0 Å². The number of para-hydroxylation sites is 1. The molecule has 0 amide bonds. The van der Waals surface area contributed by atoms with Crippen molar-refractivity contribution in [2.45, 2.75) is 23.1 Å². The second-order valence-corrected chi connectivity index (χ2v) is 7.41. The average molecular weight is 321 g/mol. The van der Waals surface area contributed by atoms with Gasteiger partial charge >= 0.3 is 0 Å². The van der Waals surface area contributed by atoms with Gasteiger partial charge < -0.3 is 9.80 Å². The van der Waals surface area contributed by atoms with Crippen LogP contribution in [0.5, 0.6) is 0 Å². The van der Waals surface area contributed by atoms with Gasteiger partial charge in [0.05, 0.1) is 11.1 Å². The monoisotopic (exact) mass is 320 g/mol. The first-order valence-corrected chi connectivity index (χ1v) is 8.65. The van der Waals surface area contributed by atoms with Gasteiger partial charge in [0.15, 0.2) is 0 Å². The third-order valence-electron chi connectivity index (χ3n) is 3.82. The minimum absolute atomic E-state index is 0.117. The lowest BCUT2D eigenvalue weighted by atomic mass is 10.1. The number of fused-ring (bicyclic) bond motifs is 1. The Labute approximate surface area is 136 Å². The van der Waals surface area contributed by atoms with E-state index in [1.807, 2.05) is 11.8 Å². The molecule has 2 aliphatic rings. The number of allylic oxidation sites excluding steroid dienone is 3. The molecule has 1 atom stereocenters. The first-order chi connectivity index (χ1) is 10.1. The fourth-order valence-corrected chi connectivity index (χ4v) is 4.15. The molecule has 0 radical (unpaired) electrons. The van der Waals surface area contributed by atoms with E-state index in [9.17, 15) is 0 Å². The number of anilines is 1. The molecule has 0 spiro atoms. The van der Waals surface area contributed by atoms with Crippen molar-refractivity contribution < 1.29 is 0 Å².